The number of allylic oxidation sites excluding steroid dienone is 1. The average Bonchev–Trinajstić information content (AvgIpc) is 2.41. The highest BCUT2D eigenvalue weighted by Gasteiger charge is 2.05. The second-order valence-electron chi connectivity index (χ2n) is 4.36. The number of carbonyl (C=O) groups excluding carboxylic acids is 1. The Morgan fingerprint density at radius 1 is 1.45 bits per heavy atom. The maximum atomic E-state index is 11.7. The molecule has 0 unspecified atom stereocenters. The number of anilines is 1. The van der Waals surface area contributed by atoms with Crippen LogP contribution in [0.2, 0.25) is 0 Å². The molecule has 2 rings (SSSR count). The molecule has 20 heavy (non-hydrogen) atoms. The third-order valence-corrected chi connectivity index (χ3v) is 2.78. The van der Waals surface area contributed by atoms with Gasteiger partial charge in [0.15, 0.2) is 5.78 Å². The van der Waals surface area contributed by atoms with Crippen LogP contribution in [0.5, 0.6) is 0 Å². The van der Waals surface area contributed by atoms with Gasteiger partial charge >= 0.3 is 0 Å². The van der Waals surface area contributed by atoms with E-state index in [1.807, 2.05) is 19.1 Å². The van der Waals surface area contributed by atoms with E-state index >= 15 is 0 Å². The topological polar surface area (TPSA) is 74.8 Å². The van der Waals surface area contributed by atoms with E-state index in [9.17, 15) is 9.59 Å². The Morgan fingerprint density at radius 2 is 2.25 bits per heavy atom. The van der Waals surface area contributed by atoms with Gasteiger partial charge in [-0.15, -0.1) is 0 Å². The summed E-state index contributed by atoms with van der Waals surface area (Å²) in [6.07, 6.45) is 6.18. The number of carbonyl (C=O) groups is 1. The number of aromatic amines is 1. The Bertz CT molecular complexity index is 717. The molecule has 0 amide bonds. The zero-order valence-electron chi connectivity index (χ0n) is 11.3. The molecule has 0 saturated heterocycles. The molecule has 0 aliphatic heterocycles. The fourth-order valence-corrected chi connectivity index (χ4v) is 1.78. The Labute approximate surface area is 116 Å². The predicted molar refractivity (Wildman–Crippen MR) is 78.5 cm³/mol. The molecule has 0 fully saturated rings. The molecule has 0 bridgehead atoms. The summed E-state index contributed by atoms with van der Waals surface area (Å²) in [5, 5.41) is 2.81. The lowest BCUT2D eigenvalue weighted by Gasteiger charge is -2.06. The van der Waals surface area contributed by atoms with Crippen LogP contribution in [0.1, 0.15) is 12.6 Å². The molecule has 0 spiro atoms. The van der Waals surface area contributed by atoms with E-state index in [4.69, 9.17) is 0 Å². The largest absolute Gasteiger partial charge is 0.357 e. The minimum atomic E-state index is -0.247. The molecule has 0 aromatic carbocycles. The predicted octanol–water partition coefficient (Wildman–Crippen LogP) is 2.26. The quantitative estimate of drug-likeness (QED) is 0.835. The number of nitrogens with zero attached hydrogens (tertiary/aromatic N) is 1. The molecule has 5 nitrogen and oxygen atoms in total. The molecule has 0 radical (unpaired) electrons. The van der Waals surface area contributed by atoms with E-state index in [1.54, 1.807) is 18.5 Å². The van der Waals surface area contributed by atoms with Crippen LogP contribution in [-0.2, 0) is 4.79 Å². The highest BCUT2D eigenvalue weighted by molar-refractivity contribution is 5.87. The molecule has 2 N–H and O–H groups in total. The van der Waals surface area contributed by atoms with Gasteiger partial charge in [0.1, 0.15) is 5.69 Å². The van der Waals surface area contributed by atoms with Crippen molar-refractivity contribution in [3.8, 4) is 11.1 Å². The second kappa shape index (κ2) is 5.97. The number of aryl methyl sites for hydroxylation is 1. The van der Waals surface area contributed by atoms with Crippen LogP contribution in [0.3, 0.4) is 0 Å². The van der Waals surface area contributed by atoms with Gasteiger partial charge in [-0.05, 0) is 32.1 Å². The van der Waals surface area contributed by atoms with E-state index in [0.717, 1.165) is 16.8 Å². The summed E-state index contributed by atoms with van der Waals surface area (Å²) < 4.78 is 0. The molecule has 0 aliphatic rings. The van der Waals surface area contributed by atoms with Crippen LogP contribution in [0, 0.1) is 6.92 Å². The minimum Gasteiger partial charge on any atom is -0.357 e. The van der Waals surface area contributed by atoms with Gasteiger partial charge in [-0.3, -0.25) is 14.6 Å². The molecular weight excluding hydrogens is 254 g/mol. The molecule has 2 heterocycles. The molecule has 2 aromatic rings. The lowest BCUT2D eigenvalue weighted by Crippen LogP contribution is -2.10. The van der Waals surface area contributed by atoms with Crippen LogP contribution in [0.15, 0.2) is 47.7 Å². The van der Waals surface area contributed by atoms with Crippen molar-refractivity contribution in [3.63, 3.8) is 0 Å². The van der Waals surface area contributed by atoms with E-state index in [0.29, 0.717) is 5.69 Å². The summed E-state index contributed by atoms with van der Waals surface area (Å²) in [6, 6.07) is 5.51. The summed E-state index contributed by atoms with van der Waals surface area (Å²) in [7, 11) is 0. The Kier molecular flexibility index (Phi) is 4.10. The summed E-state index contributed by atoms with van der Waals surface area (Å²) in [6.45, 7) is 3.35. The zero-order valence-corrected chi connectivity index (χ0v) is 11.3. The standard InChI is InChI=1S/C15H15N3O2/c1-10(19)5-7-17-14-8-12(9-18-15(14)20)13-4-3-6-16-11(13)2/h3-9,17H,1-2H3,(H,18,20). The Hall–Kier alpha value is -2.69. The van der Waals surface area contributed by atoms with Crippen LogP contribution < -0.4 is 10.9 Å². The van der Waals surface area contributed by atoms with Crippen molar-refractivity contribution >= 4 is 11.5 Å². The first kappa shape index (κ1) is 13.7. The summed E-state index contributed by atoms with van der Waals surface area (Å²) in [4.78, 5) is 29.4. The van der Waals surface area contributed by atoms with E-state index in [2.05, 4.69) is 15.3 Å². The summed E-state index contributed by atoms with van der Waals surface area (Å²) in [5.41, 5.74) is 2.81. The second-order valence-corrected chi connectivity index (χ2v) is 4.36. The van der Waals surface area contributed by atoms with Crippen LogP contribution >= 0.6 is 0 Å². The van der Waals surface area contributed by atoms with Gasteiger partial charge in [0, 0.05) is 35.4 Å². The number of aromatic nitrogens is 2. The maximum Gasteiger partial charge on any atom is 0.271 e. The first-order chi connectivity index (χ1) is 9.58. The number of H-pyrrole nitrogens is 1. The van der Waals surface area contributed by atoms with Gasteiger partial charge in [0.2, 0.25) is 0 Å². The van der Waals surface area contributed by atoms with Gasteiger partial charge in [0.25, 0.3) is 5.56 Å². The van der Waals surface area contributed by atoms with Crippen molar-refractivity contribution < 1.29 is 4.79 Å². The number of pyridine rings is 2. The summed E-state index contributed by atoms with van der Waals surface area (Å²) in [5.74, 6) is -0.0896. The van der Waals surface area contributed by atoms with Gasteiger partial charge in [-0.2, -0.15) is 0 Å². The van der Waals surface area contributed by atoms with Gasteiger partial charge in [-0.25, -0.2) is 0 Å². The van der Waals surface area contributed by atoms with Crippen molar-refractivity contribution in [3.05, 3.63) is 58.9 Å². The number of hydrogen-bond donors (Lipinski definition) is 2. The lowest BCUT2D eigenvalue weighted by molar-refractivity contribution is -0.112. The first-order valence-electron chi connectivity index (χ1n) is 6.16. The van der Waals surface area contributed by atoms with Crippen LogP contribution in [0.4, 0.5) is 5.69 Å². The molecule has 0 aliphatic carbocycles. The van der Waals surface area contributed by atoms with Crippen molar-refractivity contribution in [2.45, 2.75) is 13.8 Å². The number of nitrogens with one attached hydrogen (secondary N) is 2. The van der Waals surface area contributed by atoms with Crippen molar-refractivity contribution in [2.24, 2.45) is 0 Å². The molecular formula is C15H15N3O2. The first-order valence-corrected chi connectivity index (χ1v) is 6.16. The van der Waals surface area contributed by atoms with E-state index in [1.165, 1.54) is 19.2 Å². The average molecular weight is 269 g/mol. The normalized spacial score (nSPS) is 10.7. The molecule has 0 atom stereocenters. The molecule has 2 aromatic heterocycles. The van der Waals surface area contributed by atoms with Crippen molar-refractivity contribution in [1.29, 1.82) is 0 Å². The molecule has 5 heteroatoms. The van der Waals surface area contributed by atoms with Crippen LogP contribution in [-0.4, -0.2) is 15.8 Å². The lowest BCUT2D eigenvalue weighted by atomic mass is 10.1. The number of ketones is 1. The van der Waals surface area contributed by atoms with Crippen LogP contribution in [0.25, 0.3) is 11.1 Å². The third-order valence-electron chi connectivity index (χ3n) is 2.78. The fraction of sp³-hybridized carbons (Fsp3) is 0.133. The van der Waals surface area contributed by atoms with E-state index < -0.39 is 0 Å². The number of rotatable bonds is 4. The van der Waals surface area contributed by atoms with Crippen molar-refractivity contribution in [1.82, 2.24) is 9.97 Å². The molecule has 102 valence electrons. The summed E-state index contributed by atoms with van der Waals surface area (Å²) >= 11 is 0. The van der Waals surface area contributed by atoms with Crippen molar-refractivity contribution in [2.75, 3.05) is 5.32 Å². The highest BCUT2D eigenvalue weighted by Crippen LogP contribution is 2.21. The highest BCUT2D eigenvalue weighted by atomic mass is 16.1. The van der Waals surface area contributed by atoms with E-state index in [-0.39, 0.29) is 11.3 Å². The SMILES string of the molecule is CC(=O)C=CNc1cc(-c2cccnc2C)c[nH]c1=O. The maximum absolute atomic E-state index is 11.7. The monoisotopic (exact) mass is 269 g/mol. The minimum absolute atomic E-state index is 0.0896. The van der Waals surface area contributed by atoms with Gasteiger partial charge in [-0.1, -0.05) is 6.07 Å². The Morgan fingerprint density at radius 3 is 2.95 bits per heavy atom. The Balaban J connectivity index is 2.36. The van der Waals surface area contributed by atoms with Gasteiger partial charge < -0.3 is 10.3 Å². The zero-order chi connectivity index (χ0) is 14.5. The third kappa shape index (κ3) is 3.20. The smallest absolute Gasteiger partial charge is 0.271 e. The fourth-order valence-electron chi connectivity index (χ4n) is 1.78. The molecule has 0 saturated carbocycles. The number of hydrogen-bond acceptors (Lipinski definition) is 4. The van der Waals surface area contributed by atoms with Gasteiger partial charge in [0.05, 0.1) is 0 Å².